The van der Waals surface area contributed by atoms with E-state index in [0.717, 1.165) is 5.39 Å². The Bertz CT molecular complexity index is 530. The zero-order valence-electron chi connectivity index (χ0n) is 8.93. The van der Waals surface area contributed by atoms with E-state index in [9.17, 15) is 0 Å². The van der Waals surface area contributed by atoms with Gasteiger partial charge in [0, 0.05) is 5.56 Å². The van der Waals surface area contributed by atoms with Crippen LogP contribution in [0, 0.1) is 0 Å². The van der Waals surface area contributed by atoms with Crippen molar-refractivity contribution in [1.82, 2.24) is 0 Å². The Balaban J connectivity index is 2.78. The molecule has 0 spiro atoms. The van der Waals surface area contributed by atoms with E-state index in [2.05, 4.69) is 5.16 Å². The Morgan fingerprint density at radius 2 is 2.19 bits per heavy atom. The van der Waals surface area contributed by atoms with E-state index in [1.54, 1.807) is 32.6 Å². The van der Waals surface area contributed by atoms with E-state index in [-0.39, 0.29) is 0 Å². The van der Waals surface area contributed by atoms with Crippen LogP contribution >= 0.6 is 0 Å². The summed E-state index contributed by atoms with van der Waals surface area (Å²) in [7, 11) is 3.09. The first-order valence-electron chi connectivity index (χ1n) is 4.61. The molecule has 1 heterocycles. The fourth-order valence-electron chi connectivity index (χ4n) is 1.64. The minimum atomic E-state index is 0.565. The highest BCUT2D eigenvalue weighted by Gasteiger charge is 2.14. The number of furan rings is 1. The van der Waals surface area contributed by atoms with E-state index in [4.69, 9.17) is 19.1 Å². The number of oxime groups is 1. The lowest BCUT2D eigenvalue weighted by Crippen LogP contribution is -1.94. The lowest BCUT2D eigenvalue weighted by Gasteiger charge is -2.08. The zero-order valence-corrected chi connectivity index (χ0v) is 8.93. The number of fused-ring (bicyclic) bond motifs is 1. The Morgan fingerprint density at radius 1 is 1.38 bits per heavy atom. The van der Waals surface area contributed by atoms with Gasteiger partial charge in [-0.1, -0.05) is 5.16 Å². The maximum Gasteiger partial charge on any atom is 0.179 e. The van der Waals surface area contributed by atoms with Crippen LogP contribution in [0.4, 0.5) is 0 Å². The lowest BCUT2D eigenvalue weighted by atomic mass is 10.1. The molecule has 0 aliphatic carbocycles. The van der Waals surface area contributed by atoms with Gasteiger partial charge in [0.25, 0.3) is 0 Å². The third-order valence-corrected chi connectivity index (χ3v) is 2.30. The van der Waals surface area contributed by atoms with Crippen molar-refractivity contribution < 1.29 is 19.1 Å². The first-order chi connectivity index (χ1) is 7.81. The molecule has 5 heteroatoms. The fourth-order valence-corrected chi connectivity index (χ4v) is 1.64. The number of hydrogen-bond donors (Lipinski definition) is 1. The highest BCUT2D eigenvalue weighted by atomic mass is 16.5. The van der Waals surface area contributed by atoms with E-state index in [0.29, 0.717) is 22.6 Å². The molecular formula is C11H11NO4. The predicted octanol–water partition coefficient (Wildman–Crippen LogP) is 2.26. The summed E-state index contributed by atoms with van der Waals surface area (Å²) >= 11 is 0. The number of hydrogen-bond acceptors (Lipinski definition) is 5. The van der Waals surface area contributed by atoms with Crippen LogP contribution in [0.2, 0.25) is 0 Å². The van der Waals surface area contributed by atoms with Crippen molar-refractivity contribution in [3.63, 3.8) is 0 Å². The number of benzene rings is 1. The SMILES string of the molecule is COc1c(/C=N/O)cc(OC)c2occc12. The molecule has 0 radical (unpaired) electrons. The molecule has 2 rings (SSSR count). The molecular weight excluding hydrogens is 210 g/mol. The van der Waals surface area contributed by atoms with Gasteiger partial charge in [-0.25, -0.2) is 0 Å². The number of rotatable bonds is 3. The minimum Gasteiger partial charge on any atom is -0.495 e. The van der Waals surface area contributed by atoms with Crippen molar-refractivity contribution in [2.24, 2.45) is 5.16 Å². The maximum absolute atomic E-state index is 8.58. The second-order valence-corrected chi connectivity index (χ2v) is 3.11. The van der Waals surface area contributed by atoms with E-state index in [1.165, 1.54) is 6.21 Å². The molecule has 0 amide bonds. The molecule has 0 bridgehead atoms. The van der Waals surface area contributed by atoms with Gasteiger partial charge in [-0.2, -0.15) is 0 Å². The van der Waals surface area contributed by atoms with Crippen LogP contribution in [0.15, 0.2) is 28.0 Å². The van der Waals surface area contributed by atoms with Crippen LogP contribution in [0.1, 0.15) is 5.56 Å². The van der Waals surface area contributed by atoms with Gasteiger partial charge in [-0.05, 0) is 12.1 Å². The summed E-state index contributed by atoms with van der Waals surface area (Å²) in [5, 5.41) is 12.3. The third kappa shape index (κ3) is 1.46. The Kier molecular flexibility index (Phi) is 2.68. The maximum atomic E-state index is 8.58. The normalized spacial score (nSPS) is 11.1. The van der Waals surface area contributed by atoms with Gasteiger partial charge in [0.1, 0.15) is 5.75 Å². The van der Waals surface area contributed by atoms with Crippen LogP contribution in [0.5, 0.6) is 11.5 Å². The minimum absolute atomic E-state index is 0.565. The van der Waals surface area contributed by atoms with Crippen molar-refractivity contribution in [3.8, 4) is 11.5 Å². The first kappa shape index (κ1) is 10.4. The summed E-state index contributed by atoms with van der Waals surface area (Å²) in [6, 6.07) is 3.45. The van der Waals surface area contributed by atoms with Crippen LogP contribution < -0.4 is 9.47 Å². The molecule has 2 aromatic rings. The Hall–Kier alpha value is -2.17. The van der Waals surface area contributed by atoms with Crippen molar-refractivity contribution in [2.45, 2.75) is 0 Å². The van der Waals surface area contributed by atoms with Crippen molar-refractivity contribution in [1.29, 1.82) is 0 Å². The van der Waals surface area contributed by atoms with Crippen LogP contribution in [0.25, 0.3) is 11.0 Å². The fraction of sp³-hybridized carbons (Fsp3) is 0.182. The van der Waals surface area contributed by atoms with Gasteiger partial charge in [-0.3, -0.25) is 0 Å². The summed E-state index contributed by atoms with van der Waals surface area (Å²) in [6.07, 6.45) is 2.84. The van der Waals surface area contributed by atoms with Gasteiger partial charge in [0.2, 0.25) is 0 Å². The molecule has 0 aliphatic rings. The summed E-state index contributed by atoms with van der Waals surface area (Å²) in [6.45, 7) is 0. The van der Waals surface area contributed by atoms with Gasteiger partial charge < -0.3 is 19.1 Å². The standard InChI is InChI=1S/C11H11NO4/c1-14-9-5-7(6-12-13)10(15-2)8-3-4-16-11(8)9/h3-6,13H,1-2H3/b12-6+. The second-order valence-electron chi connectivity index (χ2n) is 3.11. The second kappa shape index (κ2) is 4.14. The number of nitrogens with zero attached hydrogens (tertiary/aromatic N) is 1. The summed E-state index contributed by atoms with van der Waals surface area (Å²) < 4.78 is 15.7. The van der Waals surface area contributed by atoms with Crippen molar-refractivity contribution in [3.05, 3.63) is 24.0 Å². The predicted molar refractivity (Wildman–Crippen MR) is 58.7 cm³/mol. The lowest BCUT2D eigenvalue weighted by molar-refractivity contribution is 0.321. The third-order valence-electron chi connectivity index (χ3n) is 2.30. The zero-order chi connectivity index (χ0) is 11.5. The molecule has 5 nitrogen and oxygen atoms in total. The summed E-state index contributed by atoms with van der Waals surface area (Å²) in [4.78, 5) is 0. The number of methoxy groups -OCH3 is 2. The van der Waals surface area contributed by atoms with Crippen LogP contribution in [-0.4, -0.2) is 25.6 Å². The summed E-state index contributed by atoms with van der Waals surface area (Å²) in [5.41, 5.74) is 1.23. The average molecular weight is 221 g/mol. The van der Waals surface area contributed by atoms with Crippen LogP contribution in [0.3, 0.4) is 0 Å². The molecule has 0 saturated carbocycles. The van der Waals surface area contributed by atoms with Gasteiger partial charge >= 0.3 is 0 Å². The highest BCUT2D eigenvalue weighted by molar-refractivity contribution is 5.98. The molecule has 16 heavy (non-hydrogen) atoms. The van der Waals surface area contributed by atoms with E-state index >= 15 is 0 Å². The van der Waals surface area contributed by atoms with E-state index in [1.807, 2.05) is 0 Å². The molecule has 0 atom stereocenters. The molecule has 0 fully saturated rings. The van der Waals surface area contributed by atoms with Gasteiger partial charge in [0.05, 0.1) is 32.1 Å². The summed E-state index contributed by atoms with van der Waals surface area (Å²) in [5.74, 6) is 1.15. The van der Waals surface area contributed by atoms with Gasteiger partial charge in [-0.15, -0.1) is 0 Å². The molecule has 84 valence electrons. The van der Waals surface area contributed by atoms with E-state index < -0.39 is 0 Å². The molecule has 1 aromatic carbocycles. The molecule has 1 N–H and O–H groups in total. The van der Waals surface area contributed by atoms with Crippen LogP contribution in [-0.2, 0) is 0 Å². The molecule has 0 aliphatic heterocycles. The smallest absolute Gasteiger partial charge is 0.179 e. The van der Waals surface area contributed by atoms with Gasteiger partial charge in [0.15, 0.2) is 11.3 Å². The van der Waals surface area contributed by atoms with Crippen molar-refractivity contribution >= 4 is 17.2 Å². The van der Waals surface area contributed by atoms with Crippen molar-refractivity contribution in [2.75, 3.05) is 14.2 Å². The average Bonchev–Trinajstić information content (AvgIpc) is 2.77. The monoisotopic (exact) mass is 221 g/mol. The largest absolute Gasteiger partial charge is 0.495 e. The Labute approximate surface area is 91.9 Å². The Morgan fingerprint density at radius 3 is 2.81 bits per heavy atom. The molecule has 1 aromatic heterocycles. The highest BCUT2D eigenvalue weighted by Crippen LogP contribution is 2.36. The topological polar surface area (TPSA) is 64.2 Å². The first-order valence-corrected chi connectivity index (χ1v) is 4.61. The molecule has 0 unspecified atom stereocenters. The number of ether oxygens (including phenoxy) is 2. The molecule has 0 saturated heterocycles. The quantitative estimate of drug-likeness (QED) is 0.490.